The highest BCUT2D eigenvalue weighted by atomic mass is 16.3. The SMILES string of the molecule is C=C1C(=O)N(C)[C@@H](CC(C)C)C(=O)C[C@H](C(C)C)C(=O)N(C)[C@H](CC(C)C)C(=O)C[C@H](C)C(=O)N[C@@H](C)C(=O)N(C)[C@H](CC(C)C)C(=O)N(C)[C@H](CC(C)C)C(=O)N(C)[C@H](C(C)C)C(=O)N(C)[C@H]([C@H](O)[C@H](C)C/C=C/C)C(=O)C[C@H](CC)C(=O)N1C. The third-order valence-electron chi connectivity index (χ3n) is 17.2. The lowest BCUT2D eigenvalue weighted by Gasteiger charge is -2.41. The van der Waals surface area contributed by atoms with Crippen LogP contribution in [0.4, 0.5) is 0 Å². The number of Topliss-reactive ketones (excluding diaryl/α,β-unsaturated/α-hetero) is 3. The number of nitrogens with one attached hydrogen (secondary N) is 1. The summed E-state index contributed by atoms with van der Waals surface area (Å²) in [6.07, 6.45) is 2.32. The Morgan fingerprint density at radius 1 is 0.512 bits per heavy atom. The van der Waals surface area contributed by atoms with Gasteiger partial charge in [0.1, 0.15) is 35.9 Å². The fourth-order valence-electron chi connectivity index (χ4n) is 11.5. The molecule has 0 saturated carbocycles. The summed E-state index contributed by atoms with van der Waals surface area (Å²) in [5.74, 6) is -11.4. The van der Waals surface area contributed by atoms with Crippen molar-refractivity contribution < 1.29 is 57.8 Å². The minimum absolute atomic E-state index is 0.0758. The van der Waals surface area contributed by atoms with Crippen LogP contribution in [0.5, 0.6) is 0 Å². The molecule has 0 spiro atoms. The van der Waals surface area contributed by atoms with Crippen LogP contribution in [-0.2, 0) is 52.7 Å². The van der Waals surface area contributed by atoms with Crippen molar-refractivity contribution in [3.63, 3.8) is 0 Å². The van der Waals surface area contributed by atoms with Crippen LogP contribution in [0.15, 0.2) is 24.4 Å². The Kier molecular flexibility index (Phi) is 32.1. The summed E-state index contributed by atoms with van der Waals surface area (Å²) in [5, 5.41) is 14.9. The molecule has 1 aliphatic heterocycles. The molecule has 12 atom stereocenters. The normalized spacial score (nSPS) is 27.0. The van der Waals surface area contributed by atoms with Crippen LogP contribution in [0, 0.1) is 59.2 Å². The standard InChI is InChI=1S/C66H114N8O12/c1-26-28-29-43(15)58(78)57-55(77)35-47(27-2)62(82)68(19)46(18)61(81)69(20)50(31-38(5)6)54(76)36-48(41(11)12)63(83)70(21)49(30-37(3)4)53(75)34-44(16)59(79)67-45(17)60(80)71(22)51(32-39(7)8)64(84)72(23)52(33-40(9)10)65(85)73(24)56(42(13)14)66(86)74(57)25/h26,28,37-45,47-52,56-58,78H,18,27,29-36H2,1-17,19-25H3,(H,67,79)/b28-26+/t43-,44+,45+,47+,48-,49-,50+,51-,52-,56-,57+,58-/m1/s1. The lowest BCUT2D eigenvalue weighted by molar-refractivity contribution is -0.157. The lowest BCUT2D eigenvalue weighted by Crippen LogP contribution is -2.61. The lowest BCUT2D eigenvalue weighted by atomic mass is 9.84. The molecular formula is C66H114N8O12. The fourth-order valence-corrected chi connectivity index (χ4v) is 11.5. The van der Waals surface area contributed by atoms with Gasteiger partial charge in [-0.25, -0.2) is 0 Å². The molecule has 2 N–H and O–H groups in total. The second-order valence-corrected chi connectivity index (χ2v) is 27.1. The van der Waals surface area contributed by atoms with Gasteiger partial charge in [-0.15, -0.1) is 0 Å². The van der Waals surface area contributed by atoms with Gasteiger partial charge in [0.25, 0.3) is 5.91 Å². The first-order valence-electron chi connectivity index (χ1n) is 31.4. The molecule has 20 heteroatoms. The van der Waals surface area contributed by atoms with Crippen molar-refractivity contribution >= 4 is 64.6 Å². The highest BCUT2D eigenvalue weighted by Crippen LogP contribution is 2.30. The van der Waals surface area contributed by atoms with Gasteiger partial charge in [-0.2, -0.15) is 0 Å². The molecule has 490 valence electrons. The molecule has 0 unspecified atom stereocenters. The summed E-state index contributed by atoms with van der Waals surface area (Å²) < 4.78 is 0. The molecule has 1 rings (SSSR count). The van der Waals surface area contributed by atoms with Gasteiger partial charge < -0.3 is 44.7 Å². The maximum absolute atomic E-state index is 15.2. The van der Waals surface area contributed by atoms with Crippen molar-refractivity contribution in [2.75, 3.05) is 49.3 Å². The maximum atomic E-state index is 15.2. The summed E-state index contributed by atoms with van der Waals surface area (Å²) in [7, 11) is 10.1. The molecule has 1 saturated heterocycles. The summed E-state index contributed by atoms with van der Waals surface area (Å²) in [6, 6.07) is -8.25. The summed E-state index contributed by atoms with van der Waals surface area (Å²) in [4.78, 5) is 170. The number of aliphatic hydroxyl groups excluding tert-OH is 1. The number of hydrogen-bond acceptors (Lipinski definition) is 12. The molecule has 1 aliphatic rings. The number of hydrogen-bond donors (Lipinski definition) is 2. The zero-order chi connectivity index (χ0) is 66.8. The summed E-state index contributed by atoms with van der Waals surface area (Å²) >= 11 is 0. The third kappa shape index (κ3) is 21.2. The van der Waals surface area contributed by atoms with E-state index < -0.39 is 155 Å². The van der Waals surface area contributed by atoms with Crippen molar-refractivity contribution in [1.29, 1.82) is 0 Å². The van der Waals surface area contributed by atoms with Crippen LogP contribution >= 0.6 is 0 Å². The molecule has 1 heterocycles. The number of amides is 8. The Labute approximate surface area is 517 Å². The number of nitrogens with zero attached hydrogens (tertiary/aromatic N) is 7. The second kappa shape index (κ2) is 35.3. The summed E-state index contributed by atoms with van der Waals surface area (Å²) in [6.45, 7) is 34.5. The first-order valence-corrected chi connectivity index (χ1v) is 31.4. The Morgan fingerprint density at radius 2 is 0.930 bits per heavy atom. The Balaban J connectivity index is 4.38. The van der Waals surface area contributed by atoms with E-state index in [0.717, 1.165) is 9.80 Å². The predicted molar refractivity (Wildman–Crippen MR) is 336 cm³/mol. The van der Waals surface area contributed by atoms with Crippen molar-refractivity contribution in [2.24, 2.45) is 59.2 Å². The minimum atomic E-state index is -1.52. The highest BCUT2D eigenvalue weighted by molar-refractivity contribution is 6.02. The number of carbonyl (C=O) groups excluding carboxylic acids is 11. The second-order valence-electron chi connectivity index (χ2n) is 27.1. The molecule has 86 heavy (non-hydrogen) atoms. The fraction of sp³-hybridized carbons (Fsp3) is 0.773. The number of allylic oxidation sites excluding steroid dienone is 2. The van der Waals surface area contributed by atoms with Gasteiger partial charge in [-0.3, -0.25) is 52.7 Å². The van der Waals surface area contributed by atoms with E-state index in [-0.39, 0.29) is 74.3 Å². The van der Waals surface area contributed by atoms with Gasteiger partial charge in [0.15, 0.2) is 17.3 Å². The van der Waals surface area contributed by atoms with E-state index in [1.807, 2.05) is 68.4 Å². The van der Waals surface area contributed by atoms with Gasteiger partial charge in [0, 0.05) is 86.3 Å². The predicted octanol–water partition coefficient (Wildman–Crippen LogP) is 7.05. The molecule has 8 amide bonds. The first-order chi connectivity index (χ1) is 39.6. The topological polar surface area (TPSA) is 243 Å². The summed E-state index contributed by atoms with van der Waals surface area (Å²) in [5.41, 5.74) is -0.288. The van der Waals surface area contributed by atoms with Crippen molar-refractivity contribution in [1.82, 2.24) is 39.6 Å². The molecular weight excluding hydrogens is 1100 g/mol. The largest absolute Gasteiger partial charge is 0.390 e. The molecule has 0 aromatic carbocycles. The van der Waals surface area contributed by atoms with Gasteiger partial charge in [-0.1, -0.05) is 123 Å². The van der Waals surface area contributed by atoms with E-state index in [4.69, 9.17) is 0 Å². The molecule has 0 aromatic heterocycles. The zero-order valence-corrected chi connectivity index (χ0v) is 57.2. The number of carbonyl (C=O) groups is 11. The monoisotopic (exact) mass is 1210 g/mol. The minimum Gasteiger partial charge on any atom is -0.390 e. The van der Waals surface area contributed by atoms with Crippen LogP contribution in [0.1, 0.15) is 175 Å². The Morgan fingerprint density at radius 3 is 1.37 bits per heavy atom. The molecule has 0 radical (unpaired) electrons. The molecule has 0 aromatic rings. The first kappa shape index (κ1) is 78.2. The van der Waals surface area contributed by atoms with Crippen LogP contribution < -0.4 is 5.32 Å². The van der Waals surface area contributed by atoms with Crippen LogP contribution in [0.3, 0.4) is 0 Å². The Hall–Kier alpha value is -5.79. The molecule has 20 nitrogen and oxygen atoms in total. The maximum Gasteiger partial charge on any atom is 0.270 e. The van der Waals surface area contributed by atoms with Crippen LogP contribution in [-0.4, -0.2) is 202 Å². The van der Waals surface area contributed by atoms with Crippen molar-refractivity contribution in [3.05, 3.63) is 24.4 Å². The van der Waals surface area contributed by atoms with E-state index in [0.29, 0.717) is 6.42 Å². The van der Waals surface area contributed by atoms with E-state index in [1.165, 1.54) is 80.8 Å². The van der Waals surface area contributed by atoms with Gasteiger partial charge >= 0.3 is 0 Å². The van der Waals surface area contributed by atoms with E-state index >= 15 is 9.59 Å². The quantitative estimate of drug-likeness (QED) is 0.124. The number of aliphatic hydroxyl groups is 1. The van der Waals surface area contributed by atoms with E-state index in [9.17, 15) is 48.3 Å². The average Bonchev–Trinajstić information content (AvgIpc) is 2.39. The average molecular weight is 1210 g/mol. The molecule has 0 aliphatic carbocycles. The number of rotatable bonds is 15. The zero-order valence-electron chi connectivity index (χ0n) is 57.2. The number of likely N-dealkylation sites (N-methyl/N-ethyl adjacent to an activating group) is 7. The molecule has 0 bridgehead atoms. The van der Waals surface area contributed by atoms with Crippen molar-refractivity contribution in [2.45, 2.75) is 224 Å². The van der Waals surface area contributed by atoms with Crippen LogP contribution in [0.25, 0.3) is 0 Å². The van der Waals surface area contributed by atoms with E-state index in [2.05, 4.69) is 11.9 Å². The smallest absolute Gasteiger partial charge is 0.270 e. The highest BCUT2D eigenvalue weighted by Gasteiger charge is 2.46. The third-order valence-corrected chi connectivity index (χ3v) is 17.2. The van der Waals surface area contributed by atoms with Gasteiger partial charge in [-0.05, 0) is 93.8 Å². The van der Waals surface area contributed by atoms with Gasteiger partial charge in [0.2, 0.25) is 41.4 Å². The Bertz CT molecular complexity index is 2400. The number of ketones is 3. The van der Waals surface area contributed by atoms with Crippen molar-refractivity contribution in [3.8, 4) is 0 Å². The van der Waals surface area contributed by atoms with E-state index in [1.54, 1.807) is 54.5 Å². The van der Waals surface area contributed by atoms with Gasteiger partial charge in [0.05, 0.1) is 18.2 Å². The van der Waals surface area contributed by atoms with Crippen LogP contribution in [0.2, 0.25) is 0 Å². The molecule has 1 fully saturated rings.